The zero-order chi connectivity index (χ0) is 16.2. The fourth-order valence-electron chi connectivity index (χ4n) is 3.96. The average Bonchev–Trinajstić information content (AvgIpc) is 2.86. The van der Waals surface area contributed by atoms with Gasteiger partial charge in [0.15, 0.2) is 5.06 Å². The first-order valence-corrected chi connectivity index (χ1v) is 8.78. The summed E-state index contributed by atoms with van der Waals surface area (Å²) in [5, 5.41) is 3.55. The van der Waals surface area contributed by atoms with E-state index in [9.17, 15) is 4.79 Å². The lowest BCUT2D eigenvalue weighted by atomic mass is 9.96. The van der Waals surface area contributed by atoms with Gasteiger partial charge in [-0.05, 0) is 48.3 Å². The number of amides is 1. The highest BCUT2D eigenvalue weighted by atomic mass is 32.1. The molecule has 2 aromatic rings. The first-order valence-electron chi connectivity index (χ1n) is 7.96. The highest BCUT2D eigenvalue weighted by molar-refractivity contribution is 7.14. The molecular weight excluding hydrogens is 308 g/mol. The number of hydrogen-bond donors (Lipinski definition) is 1. The molecule has 120 valence electrons. The van der Waals surface area contributed by atoms with Crippen LogP contribution in [-0.4, -0.2) is 11.1 Å². The lowest BCUT2D eigenvalue weighted by Gasteiger charge is -2.10. The van der Waals surface area contributed by atoms with Gasteiger partial charge in [0.2, 0.25) is 0 Å². The summed E-state index contributed by atoms with van der Waals surface area (Å²) in [6, 6.07) is 5.63. The van der Waals surface area contributed by atoms with E-state index in [1.807, 2.05) is 18.2 Å². The van der Waals surface area contributed by atoms with Crippen molar-refractivity contribution >= 4 is 17.4 Å². The standard InChI is InChI=1S/C18H20N2O2S/c1-10-14-12(8-13-15(14)18(13,2)3)16(23-10)22-17(21)20-9-11-6-4-5-7-19-11/h4-7,13,15H,8-9H2,1-3H3,(H,20,21)/t13-,15-/m1/s1. The number of ether oxygens (including phenoxy) is 1. The van der Waals surface area contributed by atoms with E-state index in [0.29, 0.717) is 17.9 Å². The lowest BCUT2D eigenvalue weighted by Crippen LogP contribution is -2.26. The number of nitrogens with zero attached hydrogens (tertiary/aromatic N) is 1. The molecule has 2 aliphatic carbocycles. The fourth-order valence-corrected chi connectivity index (χ4v) is 5.04. The van der Waals surface area contributed by atoms with Gasteiger partial charge in [0.25, 0.3) is 0 Å². The van der Waals surface area contributed by atoms with E-state index in [1.54, 1.807) is 17.5 Å². The lowest BCUT2D eigenvalue weighted by molar-refractivity contribution is 0.201. The van der Waals surface area contributed by atoms with Crippen molar-refractivity contribution < 1.29 is 9.53 Å². The van der Waals surface area contributed by atoms with Gasteiger partial charge in [-0.1, -0.05) is 19.9 Å². The van der Waals surface area contributed by atoms with Crippen molar-refractivity contribution in [3.8, 4) is 5.06 Å². The van der Waals surface area contributed by atoms with Gasteiger partial charge in [-0.25, -0.2) is 4.79 Å². The number of thiophene rings is 1. The maximum atomic E-state index is 12.1. The second-order valence-corrected chi connectivity index (χ2v) is 8.20. The Morgan fingerprint density at radius 3 is 3.04 bits per heavy atom. The van der Waals surface area contributed by atoms with E-state index in [1.165, 1.54) is 16.0 Å². The predicted molar refractivity (Wildman–Crippen MR) is 89.9 cm³/mol. The maximum Gasteiger partial charge on any atom is 0.413 e. The Balaban J connectivity index is 1.44. The van der Waals surface area contributed by atoms with Crippen LogP contribution in [0.1, 0.15) is 41.5 Å². The average molecular weight is 328 g/mol. The minimum atomic E-state index is -0.403. The van der Waals surface area contributed by atoms with Crippen molar-refractivity contribution in [2.24, 2.45) is 11.3 Å². The van der Waals surface area contributed by atoms with Crippen LogP contribution in [0, 0.1) is 18.3 Å². The quantitative estimate of drug-likeness (QED) is 0.925. The molecular formula is C18H20N2O2S. The molecule has 1 saturated carbocycles. The number of carbonyl (C=O) groups is 1. The minimum absolute atomic E-state index is 0.379. The highest BCUT2D eigenvalue weighted by Crippen LogP contribution is 2.72. The number of fused-ring (bicyclic) bond motifs is 3. The first-order chi connectivity index (χ1) is 11.0. The van der Waals surface area contributed by atoms with E-state index in [-0.39, 0.29) is 0 Å². The van der Waals surface area contributed by atoms with Crippen LogP contribution in [0.3, 0.4) is 0 Å². The van der Waals surface area contributed by atoms with Crippen molar-refractivity contribution in [3.63, 3.8) is 0 Å². The molecule has 5 heteroatoms. The van der Waals surface area contributed by atoms with Gasteiger partial charge in [-0.15, -0.1) is 11.3 Å². The third kappa shape index (κ3) is 2.34. The van der Waals surface area contributed by atoms with Gasteiger partial charge in [-0.3, -0.25) is 4.98 Å². The molecule has 0 spiro atoms. The molecule has 2 aromatic heterocycles. The third-order valence-corrected chi connectivity index (χ3v) is 6.35. The normalized spacial score (nSPS) is 23.1. The molecule has 0 saturated heterocycles. The summed E-state index contributed by atoms with van der Waals surface area (Å²) in [5.41, 5.74) is 3.93. The zero-order valence-electron chi connectivity index (χ0n) is 13.6. The Labute approximate surface area is 139 Å². The van der Waals surface area contributed by atoms with Gasteiger partial charge in [0.05, 0.1) is 12.2 Å². The van der Waals surface area contributed by atoms with Crippen LogP contribution in [0.2, 0.25) is 0 Å². The molecule has 1 N–H and O–H groups in total. The second-order valence-electron chi connectivity index (χ2n) is 7.01. The van der Waals surface area contributed by atoms with E-state index in [0.717, 1.165) is 23.1 Å². The topological polar surface area (TPSA) is 51.2 Å². The first kappa shape index (κ1) is 14.7. The van der Waals surface area contributed by atoms with Crippen LogP contribution >= 0.6 is 11.3 Å². The van der Waals surface area contributed by atoms with Crippen LogP contribution in [0.5, 0.6) is 5.06 Å². The second kappa shape index (κ2) is 5.06. The Morgan fingerprint density at radius 1 is 1.48 bits per heavy atom. The number of aryl methyl sites for hydroxylation is 1. The molecule has 0 aromatic carbocycles. The third-order valence-electron chi connectivity index (χ3n) is 5.31. The summed E-state index contributed by atoms with van der Waals surface area (Å²) >= 11 is 1.60. The molecule has 2 atom stereocenters. The number of aromatic nitrogens is 1. The number of hydrogen-bond acceptors (Lipinski definition) is 4. The molecule has 23 heavy (non-hydrogen) atoms. The largest absolute Gasteiger partial charge is 0.413 e. The van der Waals surface area contributed by atoms with Crippen molar-refractivity contribution in [2.75, 3.05) is 0 Å². The van der Waals surface area contributed by atoms with E-state index >= 15 is 0 Å². The maximum absolute atomic E-state index is 12.1. The van der Waals surface area contributed by atoms with Crippen LogP contribution in [0.4, 0.5) is 4.79 Å². The summed E-state index contributed by atoms with van der Waals surface area (Å²) < 4.78 is 5.58. The fraction of sp³-hybridized carbons (Fsp3) is 0.444. The van der Waals surface area contributed by atoms with Crippen LogP contribution in [-0.2, 0) is 13.0 Å². The number of nitrogens with one attached hydrogen (secondary N) is 1. The number of carbonyl (C=O) groups excluding carboxylic acids is 1. The molecule has 1 fully saturated rings. The van der Waals surface area contributed by atoms with Crippen molar-refractivity contribution in [3.05, 3.63) is 46.1 Å². The van der Waals surface area contributed by atoms with E-state index in [2.05, 4.69) is 31.1 Å². The summed E-state index contributed by atoms with van der Waals surface area (Å²) in [7, 11) is 0. The Morgan fingerprint density at radius 2 is 2.30 bits per heavy atom. The summed E-state index contributed by atoms with van der Waals surface area (Å²) in [6.07, 6.45) is 2.35. The zero-order valence-corrected chi connectivity index (χ0v) is 14.4. The summed E-state index contributed by atoms with van der Waals surface area (Å²) in [5.74, 6) is 1.38. The molecule has 4 nitrogen and oxygen atoms in total. The molecule has 0 bridgehead atoms. The highest BCUT2D eigenvalue weighted by Gasteiger charge is 2.63. The van der Waals surface area contributed by atoms with E-state index < -0.39 is 6.09 Å². The van der Waals surface area contributed by atoms with E-state index in [4.69, 9.17) is 4.74 Å². The Hall–Kier alpha value is -1.88. The number of pyridine rings is 1. The summed E-state index contributed by atoms with van der Waals surface area (Å²) in [4.78, 5) is 17.5. The Bertz CT molecular complexity index is 767. The molecule has 2 aliphatic rings. The predicted octanol–water partition coefficient (Wildman–Crippen LogP) is 4.04. The van der Waals surface area contributed by atoms with Crippen molar-refractivity contribution in [2.45, 2.75) is 39.7 Å². The van der Waals surface area contributed by atoms with Gasteiger partial charge in [0, 0.05) is 16.6 Å². The van der Waals surface area contributed by atoms with Crippen LogP contribution < -0.4 is 10.1 Å². The van der Waals surface area contributed by atoms with Crippen LogP contribution in [0.25, 0.3) is 0 Å². The number of rotatable bonds is 3. The minimum Gasteiger partial charge on any atom is -0.399 e. The Kier molecular flexibility index (Phi) is 3.23. The van der Waals surface area contributed by atoms with Gasteiger partial charge in [0.1, 0.15) is 0 Å². The molecule has 4 rings (SSSR count). The monoisotopic (exact) mass is 328 g/mol. The molecule has 0 aliphatic heterocycles. The van der Waals surface area contributed by atoms with Gasteiger partial charge >= 0.3 is 6.09 Å². The van der Waals surface area contributed by atoms with Gasteiger partial charge < -0.3 is 10.1 Å². The molecule has 1 amide bonds. The van der Waals surface area contributed by atoms with Crippen LogP contribution in [0.15, 0.2) is 24.4 Å². The summed E-state index contributed by atoms with van der Waals surface area (Å²) in [6.45, 7) is 7.19. The van der Waals surface area contributed by atoms with Gasteiger partial charge in [-0.2, -0.15) is 0 Å². The molecule has 0 unspecified atom stereocenters. The van der Waals surface area contributed by atoms with Crippen molar-refractivity contribution in [1.82, 2.24) is 10.3 Å². The molecule has 2 heterocycles. The smallest absolute Gasteiger partial charge is 0.399 e. The van der Waals surface area contributed by atoms with Crippen molar-refractivity contribution in [1.29, 1.82) is 0 Å². The molecule has 0 radical (unpaired) electrons. The SMILES string of the molecule is Cc1sc(OC(=O)NCc2ccccn2)c2c1[C@H]1[C@@H](C2)C1(C)C.